The van der Waals surface area contributed by atoms with Gasteiger partial charge in [-0.15, -0.1) is 0 Å². The molecule has 16 heavy (non-hydrogen) atoms. The Hall–Kier alpha value is -1.70. The molecule has 0 aliphatic rings. The lowest BCUT2D eigenvalue weighted by molar-refractivity contribution is 0.0786. The molecule has 0 saturated carbocycles. The molecule has 1 rings (SSSR count). The van der Waals surface area contributed by atoms with E-state index in [1.54, 1.807) is 13.8 Å². The van der Waals surface area contributed by atoms with Gasteiger partial charge in [-0.25, -0.2) is 10.2 Å². The van der Waals surface area contributed by atoms with E-state index in [0.29, 0.717) is 0 Å². The summed E-state index contributed by atoms with van der Waals surface area (Å²) in [4.78, 5) is 8.35. The van der Waals surface area contributed by atoms with E-state index in [4.69, 9.17) is 10.2 Å². The Morgan fingerprint density at radius 3 is 2.38 bits per heavy atom. The van der Waals surface area contributed by atoms with Gasteiger partial charge in [-0.2, -0.15) is 0 Å². The number of isocyanates is 1. The summed E-state index contributed by atoms with van der Waals surface area (Å²) in [6, 6.07) is 7.84. The van der Waals surface area contributed by atoms with Crippen molar-refractivity contribution >= 4 is 11.7 Å². The zero-order valence-electron chi connectivity index (χ0n) is 9.87. The summed E-state index contributed by atoms with van der Waals surface area (Å²) in [6.07, 6.45) is 0.750. The summed E-state index contributed by atoms with van der Waals surface area (Å²) in [5.41, 5.74) is 2.25. The molecule has 0 aliphatic heterocycles. The maximum Gasteiger partial charge on any atom is 0.231 e. The van der Waals surface area contributed by atoms with E-state index >= 15 is 0 Å². The van der Waals surface area contributed by atoms with Crippen LogP contribution in [0.25, 0.3) is 5.57 Å². The lowest BCUT2D eigenvalue weighted by Crippen LogP contribution is -2.15. The van der Waals surface area contributed by atoms with Crippen LogP contribution in [0.4, 0.5) is 0 Å². The van der Waals surface area contributed by atoms with Crippen LogP contribution in [0.1, 0.15) is 31.9 Å². The third-order valence-electron chi connectivity index (χ3n) is 2.06. The standard InChI is InChI=1S/C12H16O.CHNO/c1-9(2)10-6-5-7-11(8-10)12(3,4)13;2-1-3/h5-8,13H,1H2,2-4H3;2H. The molecule has 0 saturated heterocycles. The Morgan fingerprint density at radius 2 is 2.00 bits per heavy atom. The first-order valence-electron chi connectivity index (χ1n) is 4.85. The van der Waals surface area contributed by atoms with Gasteiger partial charge in [0.05, 0.1) is 5.60 Å². The van der Waals surface area contributed by atoms with Crippen molar-refractivity contribution in [2.75, 3.05) is 0 Å². The molecule has 86 valence electrons. The molecule has 2 N–H and O–H groups in total. The second kappa shape index (κ2) is 6.01. The minimum Gasteiger partial charge on any atom is -0.386 e. The molecule has 0 unspecified atom stereocenters. The fraction of sp³-hybridized carbons (Fsp3) is 0.308. The van der Waals surface area contributed by atoms with Gasteiger partial charge in [-0.3, -0.25) is 0 Å². The molecule has 1 aromatic rings. The van der Waals surface area contributed by atoms with Crippen molar-refractivity contribution in [2.45, 2.75) is 26.4 Å². The normalized spacial score (nSPS) is 9.75. The Kier molecular flexibility index (Phi) is 5.37. The Labute approximate surface area is 95.9 Å². The Morgan fingerprint density at radius 1 is 1.50 bits per heavy atom. The maximum atomic E-state index is 9.77. The number of hydrogen-bond donors (Lipinski definition) is 2. The molecule has 0 heterocycles. The first-order chi connectivity index (χ1) is 7.32. The van der Waals surface area contributed by atoms with Gasteiger partial charge in [0.2, 0.25) is 6.08 Å². The van der Waals surface area contributed by atoms with Crippen LogP contribution in [-0.2, 0) is 10.4 Å². The van der Waals surface area contributed by atoms with Crippen molar-refractivity contribution < 1.29 is 9.90 Å². The molecule has 1 aromatic carbocycles. The molecular weight excluding hydrogens is 202 g/mol. The number of aliphatic hydroxyl groups is 1. The van der Waals surface area contributed by atoms with Crippen LogP contribution < -0.4 is 0 Å². The first-order valence-corrected chi connectivity index (χ1v) is 4.85. The van der Waals surface area contributed by atoms with E-state index in [9.17, 15) is 5.11 Å². The van der Waals surface area contributed by atoms with E-state index in [2.05, 4.69) is 6.58 Å². The fourth-order valence-corrected chi connectivity index (χ4v) is 1.17. The number of hydrogen-bond acceptors (Lipinski definition) is 3. The van der Waals surface area contributed by atoms with Gasteiger partial charge in [-0.05, 0) is 38.0 Å². The van der Waals surface area contributed by atoms with E-state index in [1.165, 1.54) is 0 Å². The summed E-state index contributed by atoms with van der Waals surface area (Å²) in [7, 11) is 0. The largest absolute Gasteiger partial charge is 0.386 e. The second-order valence-electron chi connectivity index (χ2n) is 4.02. The SMILES string of the molecule is C=C(C)c1cccc(C(C)(C)O)c1.N=C=O. The molecular formula is C13H17NO2. The smallest absolute Gasteiger partial charge is 0.231 e. The fourth-order valence-electron chi connectivity index (χ4n) is 1.17. The average molecular weight is 219 g/mol. The predicted molar refractivity (Wildman–Crippen MR) is 64.8 cm³/mol. The monoisotopic (exact) mass is 219 g/mol. The quantitative estimate of drug-likeness (QED) is 0.593. The average Bonchev–Trinajstić information content (AvgIpc) is 2.18. The lowest BCUT2D eigenvalue weighted by atomic mass is 9.95. The van der Waals surface area contributed by atoms with Crippen LogP contribution in [-0.4, -0.2) is 11.2 Å². The van der Waals surface area contributed by atoms with Crippen LogP contribution >= 0.6 is 0 Å². The van der Waals surface area contributed by atoms with Gasteiger partial charge in [-0.1, -0.05) is 30.4 Å². The zero-order chi connectivity index (χ0) is 12.8. The maximum absolute atomic E-state index is 9.77. The molecule has 0 spiro atoms. The summed E-state index contributed by atoms with van der Waals surface area (Å²) < 4.78 is 0. The summed E-state index contributed by atoms with van der Waals surface area (Å²) >= 11 is 0. The molecule has 0 aromatic heterocycles. The number of allylic oxidation sites excluding steroid dienone is 1. The minimum atomic E-state index is -0.772. The van der Waals surface area contributed by atoms with E-state index < -0.39 is 5.60 Å². The number of benzene rings is 1. The van der Waals surface area contributed by atoms with Gasteiger partial charge in [0, 0.05) is 0 Å². The highest BCUT2D eigenvalue weighted by Gasteiger charge is 2.15. The highest BCUT2D eigenvalue weighted by Crippen LogP contribution is 2.22. The highest BCUT2D eigenvalue weighted by atomic mass is 16.3. The van der Waals surface area contributed by atoms with Gasteiger partial charge >= 0.3 is 0 Å². The van der Waals surface area contributed by atoms with Crippen LogP contribution in [0, 0.1) is 5.41 Å². The summed E-state index contributed by atoms with van der Waals surface area (Å²) in [5.74, 6) is 0. The van der Waals surface area contributed by atoms with Crippen LogP contribution in [0.2, 0.25) is 0 Å². The van der Waals surface area contributed by atoms with Crippen LogP contribution in [0.5, 0.6) is 0 Å². The van der Waals surface area contributed by atoms with Gasteiger partial charge in [0.1, 0.15) is 0 Å². The van der Waals surface area contributed by atoms with Crippen molar-refractivity contribution in [2.24, 2.45) is 0 Å². The minimum absolute atomic E-state index is 0.750. The second-order valence-corrected chi connectivity index (χ2v) is 4.02. The summed E-state index contributed by atoms with van der Waals surface area (Å²) in [6.45, 7) is 9.39. The molecule has 3 nitrogen and oxygen atoms in total. The van der Waals surface area contributed by atoms with E-state index in [1.807, 2.05) is 31.2 Å². The number of carbonyl (C=O) groups excluding carboxylic acids is 1. The molecule has 0 fully saturated rings. The zero-order valence-corrected chi connectivity index (χ0v) is 9.87. The van der Waals surface area contributed by atoms with Crippen molar-refractivity contribution in [3.05, 3.63) is 42.0 Å². The third kappa shape index (κ3) is 4.69. The van der Waals surface area contributed by atoms with Gasteiger partial charge in [0.25, 0.3) is 0 Å². The number of rotatable bonds is 2. The van der Waals surface area contributed by atoms with E-state index in [-0.39, 0.29) is 0 Å². The molecule has 0 amide bonds. The molecule has 0 radical (unpaired) electrons. The molecule has 0 atom stereocenters. The molecule has 0 bridgehead atoms. The van der Waals surface area contributed by atoms with Crippen molar-refractivity contribution in [3.63, 3.8) is 0 Å². The first kappa shape index (κ1) is 14.3. The number of nitrogens with one attached hydrogen (secondary N) is 1. The van der Waals surface area contributed by atoms with Crippen LogP contribution in [0.3, 0.4) is 0 Å². The molecule has 3 heteroatoms. The predicted octanol–water partition coefficient (Wildman–Crippen LogP) is 2.85. The van der Waals surface area contributed by atoms with Crippen LogP contribution in [0.15, 0.2) is 30.8 Å². The van der Waals surface area contributed by atoms with Gasteiger partial charge < -0.3 is 5.11 Å². The Balaban J connectivity index is 0.000000673. The van der Waals surface area contributed by atoms with E-state index in [0.717, 1.165) is 22.8 Å². The highest BCUT2D eigenvalue weighted by molar-refractivity contribution is 5.62. The lowest BCUT2D eigenvalue weighted by Gasteiger charge is -2.18. The summed E-state index contributed by atoms with van der Waals surface area (Å²) in [5, 5.41) is 15.2. The molecule has 0 aliphatic carbocycles. The van der Waals surface area contributed by atoms with Crippen molar-refractivity contribution in [1.82, 2.24) is 0 Å². The van der Waals surface area contributed by atoms with Gasteiger partial charge in [0.15, 0.2) is 0 Å². The Bertz CT molecular complexity index is 397. The third-order valence-corrected chi connectivity index (χ3v) is 2.06. The van der Waals surface area contributed by atoms with Crippen molar-refractivity contribution in [3.8, 4) is 0 Å². The van der Waals surface area contributed by atoms with Crippen molar-refractivity contribution in [1.29, 1.82) is 5.41 Å². The topological polar surface area (TPSA) is 61.1 Å².